The summed E-state index contributed by atoms with van der Waals surface area (Å²) in [6.07, 6.45) is 5.74. The Morgan fingerprint density at radius 1 is 1.59 bits per heavy atom. The van der Waals surface area contributed by atoms with Gasteiger partial charge < -0.3 is 16.3 Å². The number of hydrogen-bond donors (Lipinski definition) is 3. The van der Waals surface area contributed by atoms with Gasteiger partial charge >= 0.3 is 0 Å². The van der Waals surface area contributed by atoms with Crippen molar-refractivity contribution >= 4 is 5.84 Å². The van der Waals surface area contributed by atoms with Gasteiger partial charge in [-0.3, -0.25) is 4.98 Å². The first-order valence-electron chi connectivity index (χ1n) is 5.93. The fourth-order valence-corrected chi connectivity index (χ4v) is 1.89. The van der Waals surface area contributed by atoms with Crippen molar-refractivity contribution in [1.82, 2.24) is 10.3 Å². The van der Waals surface area contributed by atoms with Crippen molar-refractivity contribution in [2.75, 3.05) is 6.54 Å². The first-order valence-corrected chi connectivity index (χ1v) is 5.93. The van der Waals surface area contributed by atoms with Gasteiger partial charge in [-0.05, 0) is 43.0 Å². The summed E-state index contributed by atoms with van der Waals surface area (Å²) in [6.45, 7) is 1.87. The number of nitrogens with one attached hydrogen (secondary N) is 1. The lowest BCUT2D eigenvalue weighted by atomic mass is 9.85. The zero-order valence-electron chi connectivity index (χ0n) is 9.76. The van der Waals surface area contributed by atoms with Crippen molar-refractivity contribution in [1.29, 1.82) is 0 Å². The third kappa shape index (κ3) is 3.17. The third-order valence-electron chi connectivity index (χ3n) is 3.18. The van der Waals surface area contributed by atoms with Gasteiger partial charge in [0.1, 0.15) is 5.69 Å². The van der Waals surface area contributed by atoms with Crippen LogP contribution < -0.4 is 11.1 Å². The van der Waals surface area contributed by atoms with Crippen LogP contribution in [0.4, 0.5) is 0 Å². The maximum atomic E-state index is 8.57. The number of pyridine rings is 1. The average Bonchev–Trinajstić information content (AvgIpc) is 2.32. The van der Waals surface area contributed by atoms with Crippen LogP contribution in [0.5, 0.6) is 0 Å². The van der Waals surface area contributed by atoms with Crippen LogP contribution in [-0.2, 0) is 6.54 Å². The highest BCUT2D eigenvalue weighted by Crippen LogP contribution is 2.25. The zero-order valence-corrected chi connectivity index (χ0v) is 9.76. The van der Waals surface area contributed by atoms with Gasteiger partial charge in [0.2, 0.25) is 0 Å². The Hall–Kier alpha value is -1.62. The highest BCUT2D eigenvalue weighted by atomic mass is 16.4. The predicted molar refractivity (Wildman–Crippen MR) is 65.8 cm³/mol. The second-order valence-electron chi connectivity index (χ2n) is 4.46. The Morgan fingerprint density at radius 3 is 3.06 bits per heavy atom. The van der Waals surface area contributed by atoms with E-state index in [9.17, 15) is 0 Å². The quantitative estimate of drug-likeness (QED) is 0.308. The second kappa shape index (κ2) is 5.63. The van der Waals surface area contributed by atoms with Gasteiger partial charge in [0.25, 0.3) is 0 Å². The van der Waals surface area contributed by atoms with Crippen molar-refractivity contribution in [3.8, 4) is 0 Å². The van der Waals surface area contributed by atoms with E-state index in [1.54, 1.807) is 6.20 Å². The van der Waals surface area contributed by atoms with E-state index in [2.05, 4.69) is 15.5 Å². The van der Waals surface area contributed by atoms with Gasteiger partial charge in [0.15, 0.2) is 5.84 Å². The molecular formula is C12H18N4O. The Bertz CT molecular complexity index is 401. The van der Waals surface area contributed by atoms with E-state index in [-0.39, 0.29) is 5.84 Å². The molecule has 1 aromatic heterocycles. The SMILES string of the molecule is NC(=NO)c1cc(CNCC2CCC2)ccn1. The topological polar surface area (TPSA) is 83.5 Å². The average molecular weight is 234 g/mol. The predicted octanol–water partition coefficient (Wildman–Crippen LogP) is 1.07. The molecular weight excluding hydrogens is 216 g/mol. The molecule has 0 aliphatic heterocycles. The molecule has 0 saturated heterocycles. The number of amidine groups is 1. The maximum Gasteiger partial charge on any atom is 0.188 e. The summed E-state index contributed by atoms with van der Waals surface area (Å²) >= 11 is 0. The molecule has 0 amide bonds. The molecule has 0 radical (unpaired) electrons. The van der Waals surface area contributed by atoms with E-state index in [0.717, 1.165) is 24.6 Å². The normalized spacial score (nSPS) is 16.8. The van der Waals surface area contributed by atoms with Crippen LogP contribution in [0.25, 0.3) is 0 Å². The van der Waals surface area contributed by atoms with Crippen LogP contribution in [0.1, 0.15) is 30.5 Å². The van der Waals surface area contributed by atoms with Crippen molar-refractivity contribution in [2.45, 2.75) is 25.8 Å². The molecule has 1 fully saturated rings. The molecule has 1 aromatic rings. The summed E-state index contributed by atoms with van der Waals surface area (Å²) in [5.74, 6) is 0.895. The summed E-state index contributed by atoms with van der Waals surface area (Å²) in [4.78, 5) is 4.04. The Morgan fingerprint density at radius 2 is 2.41 bits per heavy atom. The second-order valence-corrected chi connectivity index (χ2v) is 4.46. The smallest absolute Gasteiger partial charge is 0.188 e. The maximum absolute atomic E-state index is 8.57. The molecule has 0 unspecified atom stereocenters. The molecule has 92 valence electrons. The van der Waals surface area contributed by atoms with E-state index in [0.29, 0.717) is 5.69 Å². The van der Waals surface area contributed by atoms with E-state index >= 15 is 0 Å². The van der Waals surface area contributed by atoms with Crippen LogP contribution in [0.2, 0.25) is 0 Å². The zero-order chi connectivity index (χ0) is 12.1. The molecule has 1 aliphatic rings. The molecule has 1 saturated carbocycles. The lowest BCUT2D eigenvalue weighted by Crippen LogP contribution is -2.27. The molecule has 0 atom stereocenters. The van der Waals surface area contributed by atoms with Crippen LogP contribution in [-0.4, -0.2) is 22.6 Å². The van der Waals surface area contributed by atoms with E-state index < -0.39 is 0 Å². The number of aromatic nitrogens is 1. The fraction of sp³-hybridized carbons (Fsp3) is 0.500. The molecule has 0 bridgehead atoms. The third-order valence-corrected chi connectivity index (χ3v) is 3.18. The Labute approximate surface area is 101 Å². The van der Waals surface area contributed by atoms with Crippen molar-refractivity contribution in [3.63, 3.8) is 0 Å². The monoisotopic (exact) mass is 234 g/mol. The number of rotatable bonds is 5. The lowest BCUT2D eigenvalue weighted by Gasteiger charge is -2.25. The molecule has 2 rings (SSSR count). The van der Waals surface area contributed by atoms with Gasteiger partial charge in [-0.15, -0.1) is 0 Å². The molecule has 17 heavy (non-hydrogen) atoms. The van der Waals surface area contributed by atoms with Gasteiger partial charge in [0.05, 0.1) is 0 Å². The van der Waals surface area contributed by atoms with E-state index in [4.69, 9.17) is 10.9 Å². The van der Waals surface area contributed by atoms with Crippen molar-refractivity contribution < 1.29 is 5.21 Å². The first kappa shape index (κ1) is 11.9. The molecule has 1 heterocycles. The van der Waals surface area contributed by atoms with E-state index in [1.165, 1.54) is 19.3 Å². The number of nitrogens with zero attached hydrogens (tertiary/aromatic N) is 2. The summed E-state index contributed by atoms with van der Waals surface area (Å²) in [5.41, 5.74) is 7.10. The van der Waals surface area contributed by atoms with Gasteiger partial charge in [-0.25, -0.2) is 0 Å². The minimum atomic E-state index is 0.0471. The van der Waals surface area contributed by atoms with Gasteiger partial charge in [-0.2, -0.15) is 0 Å². The fourth-order valence-electron chi connectivity index (χ4n) is 1.89. The summed E-state index contributed by atoms with van der Waals surface area (Å²) in [5, 5.41) is 14.9. The summed E-state index contributed by atoms with van der Waals surface area (Å²) < 4.78 is 0. The van der Waals surface area contributed by atoms with Crippen LogP contribution in [0.15, 0.2) is 23.5 Å². The van der Waals surface area contributed by atoms with Crippen molar-refractivity contribution in [3.05, 3.63) is 29.6 Å². The summed E-state index contributed by atoms with van der Waals surface area (Å²) in [6, 6.07) is 3.77. The first-order chi connectivity index (χ1) is 8.29. The number of nitrogens with two attached hydrogens (primary N) is 1. The Kier molecular flexibility index (Phi) is 3.93. The van der Waals surface area contributed by atoms with Crippen LogP contribution >= 0.6 is 0 Å². The van der Waals surface area contributed by atoms with E-state index in [1.807, 2.05) is 12.1 Å². The van der Waals surface area contributed by atoms with Crippen molar-refractivity contribution in [2.24, 2.45) is 16.8 Å². The highest BCUT2D eigenvalue weighted by molar-refractivity contribution is 5.95. The molecule has 5 nitrogen and oxygen atoms in total. The highest BCUT2D eigenvalue weighted by Gasteiger charge is 2.16. The standard InChI is InChI=1S/C12H18N4O/c13-12(16-17)11-6-10(4-5-15-11)8-14-7-9-2-1-3-9/h4-6,9,14,17H,1-3,7-8H2,(H2,13,16). The minimum absolute atomic E-state index is 0.0471. The van der Waals surface area contributed by atoms with Gasteiger partial charge in [-0.1, -0.05) is 11.6 Å². The minimum Gasteiger partial charge on any atom is -0.409 e. The molecule has 1 aliphatic carbocycles. The molecule has 0 aromatic carbocycles. The molecule has 0 spiro atoms. The molecule has 5 heteroatoms. The summed E-state index contributed by atoms with van der Waals surface area (Å²) in [7, 11) is 0. The number of oxime groups is 1. The lowest BCUT2D eigenvalue weighted by molar-refractivity contribution is 0.301. The van der Waals surface area contributed by atoms with Crippen LogP contribution in [0.3, 0.4) is 0 Å². The largest absolute Gasteiger partial charge is 0.409 e. The Balaban J connectivity index is 1.87. The number of hydrogen-bond acceptors (Lipinski definition) is 4. The molecule has 4 N–H and O–H groups in total. The van der Waals surface area contributed by atoms with Crippen LogP contribution in [0, 0.1) is 5.92 Å². The van der Waals surface area contributed by atoms with Gasteiger partial charge in [0, 0.05) is 12.7 Å².